The second-order valence-electron chi connectivity index (χ2n) is 4.46. The summed E-state index contributed by atoms with van der Waals surface area (Å²) in [5, 5.41) is 3.75. The van der Waals surface area contributed by atoms with Gasteiger partial charge in [0.2, 0.25) is 0 Å². The predicted molar refractivity (Wildman–Crippen MR) is 78.6 cm³/mol. The van der Waals surface area contributed by atoms with Gasteiger partial charge in [-0.1, -0.05) is 45.7 Å². The lowest BCUT2D eigenvalue weighted by Gasteiger charge is -2.21. The van der Waals surface area contributed by atoms with Crippen molar-refractivity contribution < 1.29 is 9.18 Å². The maximum Gasteiger partial charge on any atom is 0.251 e. The van der Waals surface area contributed by atoms with E-state index in [0.717, 1.165) is 11.8 Å². The predicted octanol–water partition coefficient (Wildman–Crippen LogP) is 4.13. The number of carbonyl (C=O) groups excluding carboxylic acids is 1. The van der Waals surface area contributed by atoms with Crippen LogP contribution in [0.15, 0.2) is 22.7 Å². The first-order valence-corrected chi connectivity index (χ1v) is 7.68. The zero-order valence-corrected chi connectivity index (χ0v) is 13.5. The monoisotopic (exact) mass is 379 g/mol. The molecule has 0 heterocycles. The van der Waals surface area contributed by atoms with E-state index in [-0.39, 0.29) is 11.9 Å². The van der Waals surface area contributed by atoms with E-state index in [0.29, 0.717) is 16.0 Å². The minimum Gasteiger partial charge on any atom is -0.349 e. The SMILES string of the molecule is CC(C)C(CCBr)NC(=O)c1cc(F)cc(Br)c1. The number of rotatable bonds is 5. The summed E-state index contributed by atoms with van der Waals surface area (Å²) in [4.78, 5) is 12.0. The molecule has 0 aliphatic rings. The number of benzene rings is 1. The third-order valence-electron chi connectivity index (χ3n) is 2.67. The standard InChI is InChI=1S/C13H16Br2FNO/c1-8(2)12(3-4-14)17-13(18)9-5-10(15)7-11(16)6-9/h5-8,12H,3-4H2,1-2H3,(H,17,18). The molecule has 2 nitrogen and oxygen atoms in total. The van der Waals surface area contributed by atoms with Crippen LogP contribution in [0.25, 0.3) is 0 Å². The number of hydrogen-bond acceptors (Lipinski definition) is 1. The van der Waals surface area contributed by atoms with Crippen molar-refractivity contribution in [3.05, 3.63) is 34.1 Å². The molecule has 1 atom stereocenters. The van der Waals surface area contributed by atoms with Crippen LogP contribution in [0.5, 0.6) is 0 Å². The van der Waals surface area contributed by atoms with E-state index in [2.05, 4.69) is 51.0 Å². The van der Waals surface area contributed by atoms with E-state index < -0.39 is 5.82 Å². The van der Waals surface area contributed by atoms with Gasteiger partial charge in [0.25, 0.3) is 5.91 Å². The zero-order valence-electron chi connectivity index (χ0n) is 10.3. The third-order valence-corrected chi connectivity index (χ3v) is 3.58. The summed E-state index contributed by atoms with van der Waals surface area (Å²) in [5.41, 5.74) is 0.335. The Labute approximate surface area is 124 Å². The van der Waals surface area contributed by atoms with Crippen LogP contribution in [-0.2, 0) is 0 Å². The van der Waals surface area contributed by atoms with Gasteiger partial charge in [0.05, 0.1) is 0 Å². The van der Waals surface area contributed by atoms with Gasteiger partial charge < -0.3 is 5.32 Å². The quantitative estimate of drug-likeness (QED) is 0.764. The van der Waals surface area contributed by atoms with Gasteiger partial charge in [0, 0.05) is 21.4 Å². The summed E-state index contributed by atoms with van der Waals surface area (Å²) in [7, 11) is 0. The summed E-state index contributed by atoms with van der Waals surface area (Å²) in [6.07, 6.45) is 0.847. The summed E-state index contributed by atoms with van der Waals surface area (Å²) in [6, 6.07) is 4.27. The molecule has 0 spiro atoms. The summed E-state index contributed by atoms with van der Waals surface area (Å²) in [5.74, 6) is -0.325. The Morgan fingerprint density at radius 3 is 2.56 bits per heavy atom. The van der Waals surface area contributed by atoms with E-state index in [1.165, 1.54) is 12.1 Å². The van der Waals surface area contributed by atoms with Crippen molar-refractivity contribution in [3.63, 3.8) is 0 Å². The van der Waals surface area contributed by atoms with Crippen molar-refractivity contribution in [1.82, 2.24) is 5.32 Å². The molecular formula is C13H16Br2FNO. The lowest BCUT2D eigenvalue weighted by molar-refractivity contribution is 0.0924. The van der Waals surface area contributed by atoms with Crippen molar-refractivity contribution in [2.24, 2.45) is 5.92 Å². The normalized spacial score (nSPS) is 12.6. The van der Waals surface area contributed by atoms with Crippen molar-refractivity contribution in [2.75, 3.05) is 5.33 Å². The molecule has 0 radical (unpaired) electrons. The molecule has 100 valence electrons. The van der Waals surface area contributed by atoms with Crippen LogP contribution in [0.2, 0.25) is 0 Å². The van der Waals surface area contributed by atoms with E-state index in [1.54, 1.807) is 6.07 Å². The Balaban J connectivity index is 2.80. The first-order chi connectivity index (χ1) is 8.43. The molecule has 1 rings (SSSR count). The van der Waals surface area contributed by atoms with Crippen molar-refractivity contribution in [1.29, 1.82) is 0 Å². The Morgan fingerprint density at radius 2 is 2.06 bits per heavy atom. The molecule has 5 heteroatoms. The van der Waals surface area contributed by atoms with Crippen LogP contribution in [-0.4, -0.2) is 17.3 Å². The largest absolute Gasteiger partial charge is 0.349 e. The van der Waals surface area contributed by atoms with Crippen LogP contribution in [0, 0.1) is 11.7 Å². The van der Waals surface area contributed by atoms with Crippen LogP contribution in [0.1, 0.15) is 30.6 Å². The number of halogens is 3. The highest BCUT2D eigenvalue weighted by atomic mass is 79.9. The first kappa shape index (κ1) is 15.6. The minimum atomic E-state index is -0.420. The highest BCUT2D eigenvalue weighted by molar-refractivity contribution is 9.10. The lowest BCUT2D eigenvalue weighted by atomic mass is 10.0. The molecule has 0 fully saturated rings. The average Bonchev–Trinajstić information content (AvgIpc) is 2.26. The van der Waals surface area contributed by atoms with Crippen LogP contribution in [0.3, 0.4) is 0 Å². The lowest BCUT2D eigenvalue weighted by Crippen LogP contribution is -2.38. The molecule has 18 heavy (non-hydrogen) atoms. The summed E-state index contributed by atoms with van der Waals surface area (Å²) >= 11 is 6.55. The maximum atomic E-state index is 13.2. The van der Waals surface area contributed by atoms with E-state index >= 15 is 0 Å². The van der Waals surface area contributed by atoms with Gasteiger partial charge in [-0.25, -0.2) is 4.39 Å². The Kier molecular flexibility index (Phi) is 6.29. The van der Waals surface area contributed by atoms with Gasteiger partial charge in [0.1, 0.15) is 5.82 Å². The summed E-state index contributed by atoms with van der Waals surface area (Å²) < 4.78 is 13.8. The molecule has 1 aromatic carbocycles. The molecule has 0 aliphatic carbocycles. The average molecular weight is 381 g/mol. The van der Waals surface area contributed by atoms with Crippen molar-refractivity contribution in [3.8, 4) is 0 Å². The van der Waals surface area contributed by atoms with Gasteiger partial charge in [-0.3, -0.25) is 4.79 Å². The van der Waals surface area contributed by atoms with Gasteiger partial charge in [-0.2, -0.15) is 0 Å². The Bertz CT molecular complexity index is 403. The molecule has 1 N–H and O–H groups in total. The van der Waals surface area contributed by atoms with Gasteiger partial charge >= 0.3 is 0 Å². The van der Waals surface area contributed by atoms with Gasteiger partial charge in [-0.15, -0.1) is 0 Å². The van der Waals surface area contributed by atoms with E-state index in [1.807, 2.05) is 0 Å². The first-order valence-electron chi connectivity index (χ1n) is 5.77. The Morgan fingerprint density at radius 1 is 1.39 bits per heavy atom. The zero-order chi connectivity index (χ0) is 13.7. The second kappa shape index (κ2) is 7.24. The second-order valence-corrected chi connectivity index (χ2v) is 6.17. The molecule has 0 saturated carbocycles. The molecule has 1 aromatic rings. The highest BCUT2D eigenvalue weighted by Gasteiger charge is 2.17. The number of nitrogens with one attached hydrogen (secondary N) is 1. The summed E-state index contributed by atoms with van der Waals surface area (Å²) in [6.45, 7) is 4.10. The number of alkyl halides is 1. The van der Waals surface area contributed by atoms with E-state index in [4.69, 9.17) is 0 Å². The molecule has 0 saturated heterocycles. The number of amides is 1. The molecular weight excluding hydrogens is 365 g/mol. The molecule has 0 bridgehead atoms. The third kappa shape index (κ3) is 4.69. The highest BCUT2D eigenvalue weighted by Crippen LogP contribution is 2.16. The number of carbonyl (C=O) groups is 1. The number of hydrogen-bond donors (Lipinski definition) is 1. The van der Waals surface area contributed by atoms with Gasteiger partial charge in [-0.05, 0) is 30.5 Å². The minimum absolute atomic E-state index is 0.0823. The molecule has 0 aromatic heterocycles. The van der Waals surface area contributed by atoms with Crippen molar-refractivity contribution >= 4 is 37.8 Å². The van der Waals surface area contributed by atoms with Crippen LogP contribution >= 0.6 is 31.9 Å². The maximum absolute atomic E-state index is 13.2. The fourth-order valence-electron chi connectivity index (χ4n) is 1.63. The fraction of sp³-hybridized carbons (Fsp3) is 0.462. The van der Waals surface area contributed by atoms with Crippen LogP contribution in [0.4, 0.5) is 4.39 Å². The Hall–Kier alpha value is -0.420. The molecule has 1 unspecified atom stereocenters. The molecule has 0 aliphatic heterocycles. The van der Waals surface area contributed by atoms with E-state index in [9.17, 15) is 9.18 Å². The van der Waals surface area contributed by atoms with Crippen molar-refractivity contribution in [2.45, 2.75) is 26.3 Å². The fourth-order valence-corrected chi connectivity index (χ4v) is 2.58. The molecule has 1 amide bonds. The van der Waals surface area contributed by atoms with Gasteiger partial charge in [0.15, 0.2) is 0 Å². The topological polar surface area (TPSA) is 29.1 Å². The smallest absolute Gasteiger partial charge is 0.251 e. The van der Waals surface area contributed by atoms with Crippen LogP contribution < -0.4 is 5.32 Å².